The number of hydrazine groups is 1. The van der Waals surface area contributed by atoms with Gasteiger partial charge in [0.15, 0.2) is 0 Å². The average molecular weight is 750 g/mol. The summed E-state index contributed by atoms with van der Waals surface area (Å²) in [7, 11) is 0. The molecule has 2 heterocycles. The van der Waals surface area contributed by atoms with Crippen LogP contribution in [0.15, 0.2) is 115 Å². The predicted molar refractivity (Wildman–Crippen MR) is 189 cm³/mol. The van der Waals surface area contributed by atoms with Crippen LogP contribution < -0.4 is 10.3 Å². The van der Waals surface area contributed by atoms with Gasteiger partial charge in [0, 0.05) is 15.1 Å². The van der Waals surface area contributed by atoms with Gasteiger partial charge in [-0.1, -0.05) is 77.9 Å². The third-order valence-corrected chi connectivity index (χ3v) is 11.4. The molecule has 2 saturated heterocycles. The number of nitrogens with one attached hydrogen (secondary N) is 1. The number of allylic oxidation sites excluding steroid dienone is 2. The molecule has 6 atom stereocenters. The summed E-state index contributed by atoms with van der Waals surface area (Å²) < 4.78 is 0.986. The number of amides is 4. The van der Waals surface area contributed by atoms with Crippen molar-refractivity contribution in [3.05, 3.63) is 135 Å². The van der Waals surface area contributed by atoms with Crippen molar-refractivity contribution in [2.75, 3.05) is 10.3 Å². The minimum atomic E-state index is -1.43. The van der Waals surface area contributed by atoms with Gasteiger partial charge in [-0.05, 0) is 96.3 Å². The highest BCUT2D eigenvalue weighted by atomic mass is 127. The van der Waals surface area contributed by atoms with E-state index in [0.29, 0.717) is 28.9 Å². The molecule has 0 spiro atoms. The quantitative estimate of drug-likeness (QED) is 0.137. The van der Waals surface area contributed by atoms with Crippen molar-refractivity contribution in [1.82, 2.24) is 5.01 Å². The van der Waals surface area contributed by atoms with Crippen LogP contribution >= 0.6 is 22.6 Å². The number of carbonyl (C=O) groups excluding carboxylic acids is 4. The molecule has 4 amide bonds. The molecule has 2 aliphatic carbocycles. The van der Waals surface area contributed by atoms with Gasteiger partial charge in [0.25, 0.3) is 11.8 Å². The molecular weight excluding hydrogens is 717 g/mol. The Morgan fingerprint density at radius 3 is 2.19 bits per heavy atom. The molecule has 240 valence electrons. The molecule has 0 radical (unpaired) electrons. The molecule has 0 unspecified atom stereocenters. The second-order valence-corrected chi connectivity index (χ2v) is 14.4. The van der Waals surface area contributed by atoms with Crippen molar-refractivity contribution in [1.29, 1.82) is 0 Å². The normalized spacial score (nSPS) is 27.8. The maximum atomic E-state index is 15.1. The van der Waals surface area contributed by atoms with Gasteiger partial charge in [0.2, 0.25) is 11.8 Å². The first-order valence-electron chi connectivity index (χ1n) is 16.1. The van der Waals surface area contributed by atoms with E-state index >= 15 is 4.79 Å². The minimum absolute atomic E-state index is 0.000220. The number of fused-ring (bicyclic) bond motifs is 4. The van der Waals surface area contributed by atoms with Crippen LogP contribution in [-0.4, -0.2) is 33.7 Å². The van der Waals surface area contributed by atoms with Crippen LogP contribution in [0.1, 0.15) is 35.4 Å². The zero-order valence-corrected chi connectivity index (χ0v) is 28.2. The maximum absolute atomic E-state index is 15.1. The second-order valence-electron chi connectivity index (χ2n) is 13.1. The molecule has 2 N–H and O–H groups in total. The number of aryl methyl sites for hydroxylation is 1. The van der Waals surface area contributed by atoms with E-state index in [-0.39, 0.29) is 24.0 Å². The molecule has 3 fully saturated rings. The van der Waals surface area contributed by atoms with Crippen LogP contribution in [0, 0.1) is 34.2 Å². The van der Waals surface area contributed by atoms with Crippen LogP contribution in [0.4, 0.5) is 11.4 Å². The number of phenolic OH excluding ortho intramolecular Hbond substituents is 1. The number of rotatable bonds is 5. The van der Waals surface area contributed by atoms with E-state index in [1.807, 2.05) is 85.8 Å². The van der Waals surface area contributed by atoms with Gasteiger partial charge >= 0.3 is 0 Å². The standard InChI is InChI=1S/C39H32IN3O5/c1-22-11-15-25(16-12-22)41-43-36(46)31-21-30-27(19-20-29-33(30)37(47)42(35(29)45)26-17-13-24(40)14-18-26)34(28-9-5-6-10-32(28)44)39(31,38(43)48)23-7-3-2-4-8-23/h2-19,29-31,33-34,41,44H,20-21H2,1H3/t29-,30+,31-,33-,34+,39+/m0/s1. The highest BCUT2D eigenvalue weighted by molar-refractivity contribution is 14.1. The van der Waals surface area contributed by atoms with E-state index in [2.05, 4.69) is 28.0 Å². The topological polar surface area (TPSA) is 107 Å². The van der Waals surface area contributed by atoms with Gasteiger partial charge in [-0.2, -0.15) is 5.01 Å². The highest BCUT2D eigenvalue weighted by Crippen LogP contribution is 2.64. The summed E-state index contributed by atoms with van der Waals surface area (Å²) in [5.74, 6) is -4.83. The third-order valence-electron chi connectivity index (χ3n) is 10.7. The number of para-hydroxylation sites is 1. The fraction of sp³-hybridized carbons (Fsp3) is 0.231. The Hall–Kier alpha value is -4.77. The zero-order chi connectivity index (χ0) is 33.3. The summed E-state index contributed by atoms with van der Waals surface area (Å²) in [4.78, 5) is 59.4. The Morgan fingerprint density at radius 1 is 0.792 bits per heavy atom. The molecule has 48 heavy (non-hydrogen) atoms. The molecule has 1 saturated carbocycles. The molecule has 8 rings (SSSR count). The van der Waals surface area contributed by atoms with Crippen molar-refractivity contribution in [2.45, 2.75) is 31.1 Å². The number of imide groups is 2. The zero-order valence-electron chi connectivity index (χ0n) is 26.0. The van der Waals surface area contributed by atoms with Gasteiger partial charge in [0.05, 0.1) is 34.5 Å². The first-order valence-corrected chi connectivity index (χ1v) is 17.2. The molecule has 8 nitrogen and oxygen atoms in total. The molecule has 4 aromatic carbocycles. The van der Waals surface area contributed by atoms with E-state index in [1.54, 1.807) is 30.3 Å². The van der Waals surface area contributed by atoms with Crippen LogP contribution in [0.2, 0.25) is 0 Å². The molecule has 0 bridgehead atoms. The van der Waals surface area contributed by atoms with Crippen molar-refractivity contribution < 1.29 is 24.3 Å². The SMILES string of the molecule is Cc1ccc(NN2C(=O)[C@@H]3C[C@@H]4C(=CC[C@@H]5C(=O)N(c6ccc(I)cc6)C(=O)[C@@H]54)[C@H](c4ccccc4O)[C@]3(c3ccccc3)C2=O)cc1. The lowest BCUT2D eigenvalue weighted by Crippen LogP contribution is -2.53. The summed E-state index contributed by atoms with van der Waals surface area (Å²) >= 11 is 2.19. The number of benzene rings is 4. The first-order chi connectivity index (χ1) is 23.2. The van der Waals surface area contributed by atoms with Crippen LogP contribution in [-0.2, 0) is 24.6 Å². The van der Waals surface area contributed by atoms with E-state index in [1.165, 1.54) is 4.90 Å². The van der Waals surface area contributed by atoms with Crippen LogP contribution in [0.5, 0.6) is 5.75 Å². The summed E-state index contributed by atoms with van der Waals surface area (Å²) in [6.07, 6.45) is 2.51. The molecule has 9 heteroatoms. The maximum Gasteiger partial charge on any atom is 0.260 e. The molecule has 2 aliphatic heterocycles. The number of phenols is 1. The summed E-state index contributed by atoms with van der Waals surface area (Å²) in [5.41, 5.74) is 5.80. The molecular formula is C39H32IN3O5. The van der Waals surface area contributed by atoms with Crippen molar-refractivity contribution in [2.24, 2.45) is 23.7 Å². The molecule has 0 aromatic heterocycles. The Morgan fingerprint density at radius 2 is 1.48 bits per heavy atom. The third kappa shape index (κ3) is 4.39. The van der Waals surface area contributed by atoms with Gasteiger partial charge in [-0.15, -0.1) is 0 Å². The van der Waals surface area contributed by atoms with Crippen LogP contribution in [0.25, 0.3) is 0 Å². The number of anilines is 2. The lowest BCUT2D eigenvalue weighted by Gasteiger charge is -2.50. The highest BCUT2D eigenvalue weighted by Gasteiger charge is 2.70. The number of aromatic hydroxyl groups is 1. The number of hydrogen-bond acceptors (Lipinski definition) is 6. The van der Waals surface area contributed by atoms with E-state index in [0.717, 1.165) is 19.7 Å². The molecule has 4 aliphatic rings. The van der Waals surface area contributed by atoms with E-state index < -0.39 is 46.8 Å². The summed E-state index contributed by atoms with van der Waals surface area (Å²) in [6, 6.07) is 31.0. The Bertz CT molecular complexity index is 2010. The fourth-order valence-corrected chi connectivity index (χ4v) is 9.03. The largest absolute Gasteiger partial charge is 0.508 e. The van der Waals surface area contributed by atoms with Crippen LogP contribution in [0.3, 0.4) is 0 Å². The lowest BCUT2D eigenvalue weighted by molar-refractivity contribution is -0.138. The molecule has 4 aromatic rings. The van der Waals surface area contributed by atoms with Crippen molar-refractivity contribution >= 4 is 57.6 Å². The average Bonchev–Trinajstić information content (AvgIpc) is 3.48. The van der Waals surface area contributed by atoms with Gasteiger partial charge < -0.3 is 5.11 Å². The van der Waals surface area contributed by atoms with Gasteiger partial charge in [0.1, 0.15) is 5.75 Å². The minimum Gasteiger partial charge on any atom is -0.508 e. The number of nitrogens with zero attached hydrogens (tertiary/aromatic N) is 2. The van der Waals surface area contributed by atoms with Gasteiger partial charge in [-0.3, -0.25) is 29.5 Å². The predicted octanol–water partition coefficient (Wildman–Crippen LogP) is 6.49. The van der Waals surface area contributed by atoms with Gasteiger partial charge in [-0.25, -0.2) is 0 Å². The van der Waals surface area contributed by atoms with Crippen molar-refractivity contribution in [3.8, 4) is 5.75 Å². The summed E-state index contributed by atoms with van der Waals surface area (Å²) in [5, 5.41) is 12.6. The summed E-state index contributed by atoms with van der Waals surface area (Å²) in [6.45, 7) is 1.96. The van der Waals surface area contributed by atoms with E-state index in [4.69, 9.17) is 0 Å². The number of carbonyl (C=O) groups is 4. The first kappa shape index (κ1) is 30.6. The Balaban J connectivity index is 1.31. The number of hydrogen-bond donors (Lipinski definition) is 2. The smallest absolute Gasteiger partial charge is 0.260 e. The Labute approximate surface area is 291 Å². The Kier molecular flexibility index (Phi) is 7.28. The fourth-order valence-electron chi connectivity index (χ4n) is 8.67. The van der Waals surface area contributed by atoms with E-state index in [9.17, 15) is 19.5 Å². The lowest BCUT2D eigenvalue weighted by atomic mass is 9.49. The second kappa shape index (κ2) is 11.4. The monoisotopic (exact) mass is 749 g/mol. The van der Waals surface area contributed by atoms with Crippen molar-refractivity contribution in [3.63, 3.8) is 0 Å². The number of halogens is 1.